The van der Waals surface area contributed by atoms with Crippen molar-refractivity contribution in [3.8, 4) is 11.4 Å². The quantitative estimate of drug-likeness (QED) is 0.372. The summed E-state index contributed by atoms with van der Waals surface area (Å²) in [5, 5.41) is 7.77. The van der Waals surface area contributed by atoms with E-state index in [1.54, 1.807) is 23.1 Å². The first-order valence-electron chi connectivity index (χ1n) is 10.7. The fraction of sp³-hybridized carbons (Fsp3) is 0.115. The molecular formula is C26H20ClFN4O2. The third kappa shape index (κ3) is 4.30. The van der Waals surface area contributed by atoms with Gasteiger partial charge in [0.2, 0.25) is 5.82 Å². The van der Waals surface area contributed by atoms with E-state index >= 15 is 0 Å². The lowest BCUT2D eigenvalue weighted by Crippen LogP contribution is -2.45. The van der Waals surface area contributed by atoms with Crippen molar-refractivity contribution in [1.82, 2.24) is 20.4 Å². The number of allylic oxidation sites excluding steroid dienone is 1. The molecule has 170 valence electrons. The van der Waals surface area contributed by atoms with Crippen LogP contribution in [0, 0.1) is 5.82 Å². The summed E-state index contributed by atoms with van der Waals surface area (Å²) < 4.78 is 19.0. The highest BCUT2D eigenvalue weighted by molar-refractivity contribution is 6.30. The van der Waals surface area contributed by atoms with E-state index in [-0.39, 0.29) is 17.7 Å². The van der Waals surface area contributed by atoms with E-state index in [1.165, 1.54) is 12.1 Å². The van der Waals surface area contributed by atoms with Crippen molar-refractivity contribution in [2.24, 2.45) is 0 Å². The van der Waals surface area contributed by atoms with Gasteiger partial charge in [0.05, 0.1) is 18.2 Å². The van der Waals surface area contributed by atoms with Crippen LogP contribution >= 0.6 is 11.6 Å². The number of urea groups is 1. The molecule has 4 aromatic rings. The molecule has 0 spiro atoms. The molecule has 0 fully saturated rings. The molecule has 1 aliphatic rings. The number of benzene rings is 3. The van der Waals surface area contributed by atoms with Crippen molar-refractivity contribution in [3.05, 3.63) is 112 Å². The number of aromatic nitrogens is 2. The van der Waals surface area contributed by atoms with Crippen LogP contribution in [-0.2, 0) is 6.54 Å². The largest absolute Gasteiger partial charge is 0.334 e. The molecule has 0 bridgehead atoms. The van der Waals surface area contributed by atoms with Crippen LogP contribution < -0.4 is 5.32 Å². The fourth-order valence-corrected chi connectivity index (χ4v) is 4.22. The van der Waals surface area contributed by atoms with Gasteiger partial charge in [-0.15, -0.1) is 0 Å². The summed E-state index contributed by atoms with van der Waals surface area (Å²) in [6.45, 7) is 2.18. The summed E-state index contributed by atoms with van der Waals surface area (Å²) in [6.07, 6.45) is 0. The zero-order valence-electron chi connectivity index (χ0n) is 18.2. The minimum absolute atomic E-state index is 0.242. The van der Waals surface area contributed by atoms with E-state index in [0.29, 0.717) is 34.2 Å². The maximum Gasteiger partial charge on any atom is 0.322 e. The lowest BCUT2D eigenvalue weighted by Gasteiger charge is -2.35. The maximum atomic E-state index is 13.3. The summed E-state index contributed by atoms with van der Waals surface area (Å²) in [5.41, 5.74) is 3.77. The Bertz CT molecular complexity index is 1370. The first-order valence-corrected chi connectivity index (χ1v) is 11.1. The highest BCUT2D eigenvalue weighted by Gasteiger charge is 2.35. The Labute approximate surface area is 200 Å². The van der Waals surface area contributed by atoms with Gasteiger partial charge >= 0.3 is 6.03 Å². The molecule has 2 heterocycles. The molecule has 34 heavy (non-hydrogen) atoms. The molecule has 1 aromatic heterocycles. The molecule has 6 nitrogen and oxygen atoms in total. The molecule has 8 heteroatoms. The van der Waals surface area contributed by atoms with Crippen molar-refractivity contribution in [2.45, 2.75) is 19.5 Å². The average Bonchev–Trinajstić information content (AvgIpc) is 3.32. The lowest BCUT2D eigenvalue weighted by molar-refractivity contribution is 0.203. The zero-order valence-corrected chi connectivity index (χ0v) is 19.0. The topological polar surface area (TPSA) is 71.3 Å². The normalized spacial score (nSPS) is 16.0. The van der Waals surface area contributed by atoms with Crippen LogP contribution in [0.15, 0.2) is 89.1 Å². The highest BCUT2D eigenvalue weighted by atomic mass is 35.5. The number of hydrogen-bond acceptors (Lipinski definition) is 4. The molecule has 2 amide bonds. The number of nitrogens with one attached hydrogen (secondary N) is 1. The van der Waals surface area contributed by atoms with Gasteiger partial charge in [-0.2, -0.15) is 4.98 Å². The van der Waals surface area contributed by atoms with Crippen LogP contribution in [0.1, 0.15) is 30.0 Å². The third-order valence-corrected chi connectivity index (χ3v) is 5.95. The predicted molar refractivity (Wildman–Crippen MR) is 127 cm³/mol. The smallest absolute Gasteiger partial charge is 0.322 e. The summed E-state index contributed by atoms with van der Waals surface area (Å²) in [6, 6.07) is 22.1. The average molecular weight is 475 g/mol. The van der Waals surface area contributed by atoms with Crippen LogP contribution in [0.25, 0.3) is 17.0 Å². The highest BCUT2D eigenvalue weighted by Crippen LogP contribution is 2.37. The predicted octanol–water partition coefficient (Wildman–Crippen LogP) is 6.23. The van der Waals surface area contributed by atoms with Crippen LogP contribution in [0.3, 0.4) is 0 Å². The SMILES string of the molecule is CC1=C(c2nc(-c3ccc(F)cc3)no2)C(c2ccccc2)NC(=O)N1Cc1cccc(Cl)c1. The van der Waals surface area contributed by atoms with E-state index < -0.39 is 6.04 Å². The number of nitrogens with zero attached hydrogens (tertiary/aromatic N) is 3. The first-order chi connectivity index (χ1) is 16.5. The number of amides is 2. The molecule has 3 aromatic carbocycles. The molecule has 1 N–H and O–H groups in total. The third-order valence-electron chi connectivity index (χ3n) is 5.72. The van der Waals surface area contributed by atoms with Gasteiger partial charge in [-0.3, -0.25) is 4.90 Å². The zero-order chi connectivity index (χ0) is 23.7. The van der Waals surface area contributed by atoms with Crippen LogP contribution in [0.4, 0.5) is 9.18 Å². The number of carbonyl (C=O) groups is 1. The molecule has 1 atom stereocenters. The Kier molecular flexibility index (Phi) is 5.86. The fourth-order valence-electron chi connectivity index (χ4n) is 4.01. The Morgan fingerprint density at radius 1 is 1.06 bits per heavy atom. The summed E-state index contributed by atoms with van der Waals surface area (Å²) in [5.74, 6) is 0.268. The molecule has 5 rings (SSSR count). The minimum Gasteiger partial charge on any atom is -0.334 e. The van der Waals surface area contributed by atoms with Gasteiger partial charge in [0, 0.05) is 16.3 Å². The Morgan fingerprint density at radius 3 is 2.56 bits per heavy atom. The van der Waals surface area contributed by atoms with Crippen LogP contribution in [0.5, 0.6) is 0 Å². The van der Waals surface area contributed by atoms with Crippen molar-refractivity contribution < 1.29 is 13.7 Å². The van der Waals surface area contributed by atoms with Crippen molar-refractivity contribution in [1.29, 1.82) is 0 Å². The van der Waals surface area contributed by atoms with E-state index in [9.17, 15) is 9.18 Å². The molecule has 0 saturated heterocycles. The second-order valence-electron chi connectivity index (χ2n) is 7.94. The summed E-state index contributed by atoms with van der Waals surface area (Å²) >= 11 is 6.15. The number of rotatable bonds is 5. The maximum absolute atomic E-state index is 13.3. The first kappa shape index (κ1) is 21.9. The van der Waals surface area contributed by atoms with Crippen molar-refractivity contribution in [3.63, 3.8) is 0 Å². The minimum atomic E-state index is -0.481. The van der Waals surface area contributed by atoms with E-state index in [1.807, 2.05) is 55.5 Å². The van der Waals surface area contributed by atoms with Gasteiger partial charge in [0.25, 0.3) is 5.89 Å². The van der Waals surface area contributed by atoms with Gasteiger partial charge < -0.3 is 9.84 Å². The second kappa shape index (κ2) is 9.11. The molecular weight excluding hydrogens is 455 g/mol. The molecule has 0 saturated carbocycles. The molecule has 1 aliphatic heterocycles. The lowest BCUT2D eigenvalue weighted by atomic mass is 9.94. The Hall–Kier alpha value is -3.97. The van der Waals surface area contributed by atoms with Crippen LogP contribution in [-0.4, -0.2) is 21.1 Å². The monoisotopic (exact) mass is 474 g/mol. The van der Waals surface area contributed by atoms with Crippen molar-refractivity contribution >= 4 is 23.2 Å². The second-order valence-corrected chi connectivity index (χ2v) is 8.37. The van der Waals surface area contributed by atoms with E-state index in [0.717, 1.165) is 11.1 Å². The van der Waals surface area contributed by atoms with E-state index in [4.69, 9.17) is 16.1 Å². The molecule has 0 radical (unpaired) electrons. The Balaban J connectivity index is 1.59. The van der Waals surface area contributed by atoms with Crippen LogP contribution in [0.2, 0.25) is 5.02 Å². The standard InChI is InChI=1S/C26H20ClFN4O2/c1-16-22(25-30-24(31-34-25)19-10-12-21(28)13-11-19)23(18-7-3-2-4-8-18)29-26(33)32(16)15-17-6-5-9-20(27)14-17/h2-14,23H,15H2,1H3,(H,29,33). The van der Waals surface area contributed by atoms with Gasteiger partial charge in [-0.25, -0.2) is 9.18 Å². The van der Waals surface area contributed by atoms with Gasteiger partial charge in [-0.1, -0.05) is 59.2 Å². The number of carbonyl (C=O) groups excluding carboxylic acids is 1. The number of halogens is 2. The number of hydrogen-bond donors (Lipinski definition) is 1. The summed E-state index contributed by atoms with van der Waals surface area (Å²) in [7, 11) is 0. The molecule has 0 aliphatic carbocycles. The summed E-state index contributed by atoms with van der Waals surface area (Å²) in [4.78, 5) is 19.4. The molecule has 1 unspecified atom stereocenters. The Morgan fingerprint density at radius 2 is 1.82 bits per heavy atom. The van der Waals surface area contributed by atoms with E-state index in [2.05, 4.69) is 15.5 Å². The van der Waals surface area contributed by atoms with Gasteiger partial charge in [-0.05, 0) is 54.4 Å². The van der Waals surface area contributed by atoms with Gasteiger partial charge in [0.1, 0.15) is 5.82 Å². The van der Waals surface area contributed by atoms with Crippen molar-refractivity contribution in [2.75, 3.05) is 0 Å². The van der Waals surface area contributed by atoms with Gasteiger partial charge in [0.15, 0.2) is 0 Å².